The van der Waals surface area contributed by atoms with Gasteiger partial charge in [-0.15, -0.1) is 5.10 Å². The Morgan fingerprint density at radius 1 is 1.47 bits per heavy atom. The minimum atomic E-state index is -0.241. The van der Waals surface area contributed by atoms with Gasteiger partial charge in [-0.25, -0.2) is 4.79 Å². The van der Waals surface area contributed by atoms with Crippen molar-refractivity contribution < 1.29 is 9.53 Å². The summed E-state index contributed by atoms with van der Waals surface area (Å²) in [6.07, 6.45) is 6.53. The monoisotopic (exact) mass is 264 g/mol. The Morgan fingerprint density at radius 3 is 2.58 bits per heavy atom. The zero-order valence-corrected chi connectivity index (χ0v) is 11.5. The first kappa shape index (κ1) is 12.4. The lowest BCUT2D eigenvalue weighted by molar-refractivity contribution is 0.0815. The summed E-state index contributed by atoms with van der Waals surface area (Å²) in [7, 11) is 3.65. The average Bonchev–Trinajstić information content (AvgIpc) is 3.29. The molecule has 0 N–H and O–H groups in total. The van der Waals surface area contributed by atoms with Crippen LogP contribution in [0.25, 0.3) is 0 Å². The van der Waals surface area contributed by atoms with E-state index in [1.807, 2.05) is 7.05 Å². The van der Waals surface area contributed by atoms with Gasteiger partial charge < -0.3 is 9.64 Å². The van der Waals surface area contributed by atoms with Crippen LogP contribution in [0.2, 0.25) is 0 Å². The summed E-state index contributed by atoms with van der Waals surface area (Å²) in [5.74, 6) is 1.39. The number of rotatable bonds is 5. The molecule has 1 aromatic heterocycles. The highest BCUT2D eigenvalue weighted by Gasteiger charge is 2.45. The maximum absolute atomic E-state index is 12.1. The topological polar surface area (TPSA) is 60.2 Å². The van der Waals surface area contributed by atoms with Crippen molar-refractivity contribution in [3.8, 4) is 0 Å². The van der Waals surface area contributed by atoms with E-state index in [1.54, 1.807) is 22.8 Å². The summed E-state index contributed by atoms with van der Waals surface area (Å²) in [5.41, 5.74) is 0.679. The maximum Gasteiger partial charge on any atom is 0.410 e. The van der Waals surface area contributed by atoms with Crippen molar-refractivity contribution in [3.63, 3.8) is 0 Å². The molecule has 0 unspecified atom stereocenters. The van der Waals surface area contributed by atoms with Crippen LogP contribution < -0.4 is 0 Å². The zero-order valence-electron chi connectivity index (χ0n) is 11.5. The van der Waals surface area contributed by atoms with Crippen LogP contribution in [-0.2, 0) is 18.4 Å². The fourth-order valence-corrected chi connectivity index (χ4v) is 2.71. The van der Waals surface area contributed by atoms with Crippen molar-refractivity contribution in [2.24, 2.45) is 18.9 Å². The second-order valence-corrected chi connectivity index (χ2v) is 5.71. The number of amides is 1. The van der Waals surface area contributed by atoms with E-state index < -0.39 is 0 Å². The van der Waals surface area contributed by atoms with Crippen LogP contribution in [-0.4, -0.2) is 39.1 Å². The molecule has 0 aromatic carbocycles. The maximum atomic E-state index is 12.1. The second-order valence-electron chi connectivity index (χ2n) is 5.71. The summed E-state index contributed by atoms with van der Waals surface area (Å²) < 4.78 is 6.91. The summed E-state index contributed by atoms with van der Waals surface area (Å²) in [4.78, 5) is 13.9. The van der Waals surface area contributed by atoms with E-state index in [9.17, 15) is 4.79 Å². The Labute approximate surface area is 112 Å². The van der Waals surface area contributed by atoms with Crippen LogP contribution in [0, 0.1) is 11.8 Å². The van der Waals surface area contributed by atoms with Gasteiger partial charge in [0.15, 0.2) is 0 Å². The molecule has 3 rings (SSSR count). The minimum absolute atomic E-state index is 0.194. The van der Waals surface area contributed by atoms with E-state index in [4.69, 9.17) is 4.74 Å². The van der Waals surface area contributed by atoms with E-state index in [0.717, 1.165) is 0 Å². The molecule has 1 aromatic rings. The third-order valence-corrected chi connectivity index (χ3v) is 3.94. The first-order valence-electron chi connectivity index (χ1n) is 6.90. The Balaban J connectivity index is 1.53. The molecule has 2 aliphatic carbocycles. The molecule has 6 nitrogen and oxygen atoms in total. The molecule has 0 atom stereocenters. The predicted molar refractivity (Wildman–Crippen MR) is 68.2 cm³/mol. The molecule has 2 fully saturated rings. The molecule has 0 bridgehead atoms. The molecule has 19 heavy (non-hydrogen) atoms. The summed E-state index contributed by atoms with van der Waals surface area (Å²) in [6.45, 7) is 0.194. The van der Waals surface area contributed by atoms with Gasteiger partial charge in [-0.05, 0) is 37.5 Å². The van der Waals surface area contributed by atoms with E-state index in [1.165, 1.54) is 25.7 Å². The van der Waals surface area contributed by atoms with Gasteiger partial charge in [0.2, 0.25) is 0 Å². The van der Waals surface area contributed by atoms with E-state index >= 15 is 0 Å². The molecule has 0 radical (unpaired) electrons. The Morgan fingerprint density at radius 2 is 2.11 bits per heavy atom. The highest BCUT2D eigenvalue weighted by Crippen LogP contribution is 2.46. The van der Waals surface area contributed by atoms with Crippen LogP contribution in [0.5, 0.6) is 0 Å². The number of hydrogen-bond donors (Lipinski definition) is 0. The molecular weight excluding hydrogens is 244 g/mol. The van der Waals surface area contributed by atoms with Crippen LogP contribution in [0.4, 0.5) is 4.79 Å². The molecule has 0 aliphatic heterocycles. The number of carbonyl (C=O) groups is 1. The Kier molecular flexibility index (Phi) is 3.16. The number of hydrogen-bond acceptors (Lipinski definition) is 4. The van der Waals surface area contributed by atoms with Crippen molar-refractivity contribution >= 4 is 6.09 Å². The molecule has 1 amide bonds. The quantitative estimate of drug-likeness (QED) is 0.810. The van der Waals surface area contributed by atoms with Crippen molar-refractivity contribution in [1.29, 1.82) is 0 Å². The molecular formula is C13H20N4O2. The molecule has 2 aliphatic rings. The van der Waals surface area contributed by atoms with Gasteiger partial charge in [0.1, 0.15) is 12.3 Å². The normalized spacial score (nSPS) is 18.7. The highest BCUT2D eigenvalue weighted by molar-refractivity contribution is 5.67. The summed E-state index contributed by atoms with van der Waals surface area (Å²) >= 11 is 0. The fraction of sp³-hybridized carbons (Fsp3) is 0.769. The zero-order chi connectivity index (χ0) is 13.4. The number of aromatic nitrogens is 3. The number of ether oxygens (including phenoxy) is 1. The van der Waals surface area contributed by atoms with Gasteiger partial charge in [-0.1, -0.05) is 5.21 Å². The fourth-order valence-electron chi connectivity index (χ4n) is 2.71. The minimum Gasteiger partial charge on any atom is -0.443 e. The van der Waals surface area contributed by atoms with Gasteiger partial charge >= 0.3 is 6.09 Å². The molecule has 2 saturated carbocycles. The van der Waals surface area contributed by atoms with Crippen molar-refractivity contribution in [1.82, 2.24) is 19.9 Å². The lowest BCUT2D eigenvalue weighted by Gasteiger charge is -2.27. The standard InChI is InChI=1S/C13H20N4O2/c1-16-7-11(14-15-16)8-19-13(18)17(2)12(9-3-4-9)10-5-6-10/h7,9-10,12H,3-6,8H2,1-2H3. The van der Waals surface area contributed by atoms with Gasteiger partial charge in [0, 0.05) is 20.1 Å². The summed E-state index contributed by atoms with van der Waals surface area (Å²) in [6, 6.07) is 0.384. The van der Waals surface area contributed by atoms with Gasteiger partial charge in [-0.2, -0.15) is 0 Å². The number of nitrogens with zero attached hydrogens (tertiary/aromatic N) is 4. The molecule has 6 heteroatoms. The third kappa shape index (κ3) is 2.88. The molecule has 0 spiro atoms. The first-order chi connectivity index (χ1) is 9.15. The smallest absolute Gasteiger partial charge is 0.410 e. The molecule has 0 saturated heterocycles. The van der Waals surface area contributed by atoms with Gasteiger partial charge in [0.05, 0.1) is 6.20 Å². The first-order valence-corrected chi connectivity index (χ1v) is 6.90. The molecule has 1 heterocycles. The highest BCUT2D eigenvalue weighted by atomic mass is 16.6. The summed E-state index contributed by atoms with van der Waals surface area (Å²) in [5, 5.41) is 7.72. The van der Waals surface area contributed by atoms with Gasteiger partial charge in [-0.3, -0.25) is 4.68 Å². The van der Waals surface area contributed by atoms with Crippen LogP contribution in [0.15, 0.2) is 6.20 Å². The predicted octanol–water partition coefficient (Wildman–Crippen LogP) is 1.57. The van der Waals surface area contributed by atoms with Crippen molar-refractivity contribution in [2.45, 2.75) is 38.3 Å². The largest absolute Gasteiger partial charge is 0.443 e. The lowest BCUT2D eigenvalue weighted by Crippen LogP contribution is -2.40. The number of carbonyl (C=O) groups excluding carboxylic acids is 1. The van der Waals surface area contributed by atoms with Crippen molar-refractivity contribution in [3.05, 3.63) is 11.9 Å². The Bertz CT molecular complexity index is 453. The number of aryl methyl sites for hydroxylation is 1. The van der Waals surface area contributed by atoms with Gasteiger partial charge in [0.25, 0.3) is 0 Å². The van der Waals surface area contributed by atoms with E-state index in [2.05, 4.69) is 10.3 Å². The van der Waals surface area contributed by atoms with Crippen molar-refractivity contribution in [2.75, 3.05) is 7.05 Å². The Hall–Kier alpha value is -1.59. The second kappa shape index (κ2) is 4.83. The van der Waals surface area contributed by atoms with Crippen LogP contribution in [0.3, 0.4) is 0 Å². The SMILES string of the molecule is CN(C(=O)OCc1cn(C)nn1)C(C1CC1)C1CC1. The third-order valence-electron chi connectivity index (χ3n) is 3.94. The van der Waals surface area contributed by atoms with Crippen LogP contribution >= 0.6 is 0 Å². The van der Waals surface area contributed by atoms with E-state index in [0.29, 0.717) is 23.6 Å². The average molecular weight is 264 g/mol. The molecule has 104 valence electrons. The van der Waals surface area contributed by atoms with Crippen LogP contribution in [0.1, 0.15) is 31.4 Å². The lowest BCUT2D eigenvalue weighted by atomic mass is 10.1. The van der Waals surface area contributed by atoms with E-state index in [-0.39, 0.29) is 12.7 Å².